The summed E-state index contributed by atoms with van der Waals surface area (Å²) in [5, 5.41) is 0. The van der Waals surface area contributed by atoms with Gasteiger partial charge in [0.15, 0.2) is 0 Å². The number of hydrogen-bond acceptors (Lipinski definition) is 4. The van der Waals surface area contributed by atoms with Crippen molar-refractivity contribution in [3.63, 3.8) is 0 Å². The Balaban J connectivity index is 2.59. The Kier molecular flexibility index (Phi) is 8.26. The number of hydrogen-bond donors (Lipinski definition) is 1. The van der Waals surface area contributed by atoms with Crippen LogP contribution in [0, 0.1) is 0 Å². The van der Waals surface area contributed by atoms with Crippen molar-refractivity contribution < 1.29 is 9.47 Å². The predicted molar refractivity (Wildman–Crippen MR) is 83.1 cm³/mol. The third kappa shape index (κ3) is 5.49. The molecular formula is C16H28N2O2. The molecule has 4 nitrogen and oxygen atoms in total. The maximum absolute atomic E-state index is 5.91. The van der Waals surface area contributed by atoms with E-state index in [4.69, 9.17) is 15.2 Å². The summed E-state index contributed by atoms with van der Waals surface area (Å²) in [7, 11) is 2.08. The first kappa shape index (κ1) is 17.0. The lowest BCUT2D eigenvalue weighted by molar-refractivity contribution is 0.108. The summed E-state index contributed by atoms with van der Waals surface area (Å²) in [6, 6.07) is 8.45. The van der Waals surface area contributed by atoms with Gasteiger partial charge in [-0.05, 0) is 38.1 Å². The summed E-state index contributed by atoms with van der Waals surface area (Å²) < 4.78 is 11.0. The van der Waals surface area contributed by atoms with Crippen molar-refractivity contribution in [3.05, 3.63) is 29.8 Å². The van der Waals surface area contributed by atoms with Gasteiger partial charge in [0.2, 0.25) is 0 Å². The molecule has 0 fully saturated rings. The molecule has 2 N–H and O–H groups in total. The van der Waals surface area contributed by atoms with E-state index in [1.807, 2.05) is 19.1 Å². The van der Waals surface area contributed by atoms with Crippen molar-refractivity contribution in [2.24, 2.45) is 5.73 Å². The van der Waals surface area contributed by atoms with Gasteiger partial charge in [0.05, 0.1) is 13.2 Å². The maximum atomic E-state index is 5.91. The highest BCUT2D eigenvalue weighted by Crippen LogP contribution is 2.21. The minimum atomic E-state index is 0.218. The van der Waals surface area contributed by atoms with Crippen LogP contribution in [0.5, 0.6) is 5.75 Å². The predicted octanol–water partition coefficient (Wildman–Crippen LogP) is 2.44. The largest absolute Gasteiger partial charge is 0.494 e. The van der Waals surface area contributed by atoms with Gasteiger partial charge < -0.3 is 15.2 Å². The van der Waals surface area contributed by atoms with Crippen molar-refractivity contribution in [2.45, 2.75) is 26.3 Å². The van der Waals surface area contributed by atoms with Crippen LogP contribution >= 0.6 is 0 Å². The van der Waals surface area contributed by atoms with Crippen LogP contribution in [0.15, 0.2) is 24.3 Å². The minimum Gasteiger partial charge on any atom is -0.494 e. The van der Waals surface area contributed by atoms with Crippen molar-refractivity contribution >= 4 is 0 Å². The smallest absolute Gasteiger partial charge is 0.119 e. The fraction of sp³-hybridized carbons (Fsp3) is 0.625. The van der Waals surface area contributed by atoms with E-state index in [0.29, 0.717) is 6.54 Å². The highest BCUT2D eigenvalue weighted by Gasteiger charge is 2.15. The molecule has 1 unspecified atom stereocenters. The summed E-state index contributed by atoms with van der Waals surface area (Å²) in [5.41, 5.74) is 7.13. The molecule has 0 bridgehead atoms. The first-order valence-electron chi connectivity index (χ1n) is 7.43. The molecule has 0 saturated carbocycles. The lowest BCUT2D eigenvalue weighted by atomic mass is 10.1. The fourth-order valence-electron chi connectivity index (χ4n) is 2.09. The lowest BCUT2D eigenvalue weighted by Crippen LogP contribution is -2.33. The standard InChI is InChI=1S/C16H28N2O2/c1-4-11-20-15-8-6-14(7-9-15)16(13-17)18(3)10-12-19-5-2/h6-9,16H,4-5,10-13,17H2,1-3H3. The van der Waals surface area contributed by atoms with E-state index in [1.54, 1.807) is 0 Å². The second-order valence-corrected chi connectivity index (χ2v) is 4.85. The van der Waals surface area contributed by atoms with Crippen LogP contribution in [-0.2, 0) is 4.74 Å². The number of nitrogens with zero attached hydrogens (tertiary/aromatic N) is 1. The van der Waals surface area contributed by atoms with E-state index >= 15 is 0 Å². The lowest BCUT2D eigenvalue weighted by Gasteiger charge is -2.27. The van der Waals surface area contributed by atoms with Gasteiger partial charge >= 0.3 is 0 Å². The molecule has 114 valence electrons. The molecule has 0 aliphatic heterocycles. The van der Waals surface area contributed by atoms with Crippen LogP contribution in [0.25, 0.3) is 0 Å². The van der Waals surface area contributed by atoms with Crippen LogP contribution in [0.2, 0.25) is 0 Å². The highest BCUT2D eigenvalue weighted by atomic mass is 16.5. The molecule has 0 saturated heterocycles. The Morgan fingerprint density at radius 2 is 1.85 bits per heavy atom. The molecule has 0 amide bonds. The zero-order chi connectivity index (χ0) is 14.8. The molecule has 0 radical (unpaired) electrons. The summed E-state index contributed by atoms with van der Waals surface area (Å²) in [5.74, 6) is 0.920. The number of rotatable bonds is 10. The molecule has 1 atom stereocenters. The van der Waals surface area contributed by atoms with Crippen LogP contribution < -0.4 is 10.5 Å². The number of nitrogens with two attached hydrogens (primary N) is 1. The first-order chi connectivity index (χ1) is 9.72. The van der Waals surface area contributed by atoms with Gasteiger partial charge in [-0.1, -0.05) is 19.1 Å². The van der Waals surface area contributed by atoms with Crippen molar-refractivity contribution in [1.29, 1.82) is 0 Å². The molecule has 20 heavy (non-hydrogen) atoms. The van der Waals surface area contributed by atoms with Gasteiger partial charge in [-0.25, -0.2) is 0 Å². The molecule has 4 heteroatoms. The quantitative estimate of drug-likeness (QED) is 0.669. The molecule has 0 heterocycles. The zero-order valence-electron chi connectivity index (χ0n) is 13.0. The van der Waals surface area contributed by atoms with E-state index in [0.717, 1.165) is 38.5 Å². The molecular weight excluding hydrogens is 252 g/mol. The average molecular weight is 280 g/mol. The molecule has 1 aromatic carbocycles. The zero-order valence-corrected chi connectivity index (χ0v) is 13.0. The summed E-state index contributed by atoms with van der Waals surface area (Å²) in [4.78, 5) is 2.23. The summed E-state index contributed by atoms with van der Waals surface area (Å²) >= 11 is 0. The first-order valence-corrected chi connectivity index (χ1v) is 7.43. The Hall–Kier alpha value is -1.10. The second kappa shape index (κ2) is 9.75. The third-order valence-corrected chi connectivity index (χ3v) is 3.29. The number of likely N-dealkylation sites (N-methyl/N-ethyl adjacent to an activating group) is 1. The summed E-state index contributed by atoms with van der Waals surface area (Å²) in [6.07, 6.45) is 1.02. The van der Waals surface area contributed by atoms with Gasteiger partial charge in [0, 0.05) is 25.7 Å². The SMILES string of the molecule is CCCOc1ccc(C(CN)N(C)CCOCC)cc1. The summed E-state index contributed by atoms with van der Waals surface area (Å²) in [6.45, 7) is 7.84. The minimum absolute atomic E-state index is 0.218. The Morgan fingerprint density at radius 3 is 2.40 bits per heavy atom. The fourth-order valence-corrected chi connectivity index (χ4v) is 2.09. The van der Waals surface area contributed by atoms with Crippen molar-refractivity contribution in [3.8, 4) is 5.75 Å². The Bertz CT molecular complexity index is 354. The van der Waals surface area contributed by atoms with Crippen LogP contribution in [0.1, 0.15) is 31.9 Å². The van der Waals surface area contributed by atoms with Gasteiger partial charge in [-0.15, -0.1) is 0 Å². The van der Waals surface area contributed by atoms with Gasteiger partial charge in [0.1, 0.15) is 5.75 Å². The van der Waals surface area contributed by atoms with Crippen molar-refractivity contribution in [2.75, 3.05) is 40.0 Å². The normalized spacial score (nSPS) is 12.7. The highest BCUT2D eigenvalue weighted by molar-refractivity contribution is 5.29. The van der Waals surface area contributed by atoms with Crippen LogP contribution in [-0.4, -0.2) is 44.9 Å². The van der Waals surface area contributed by atoms with E-state index in [1.165, 1.54) is 5.56 Å². The van der Waals surface area contributed by atoms with Gasteiger partial charge in [-0.2, -0.15) is 0 Å². The van der Waals surface area contributed by atoms with E-state index < -0.39 is 0 Å². The Morgan fingerprint density at radius 1 is 1.15 bits per heavy atom. The number of benzene rings is 1. The maximum Gasteiger partial charge on any atom is 0.119 e. The third-order valence-electron chi connectivity index (χ3n) is 3.29. The topological polar surface area (TPSA) is 47.7 Å². The van der Waals surface area contributed by atoms with Crippen LogP contribution in [0.4, 0.5) is 0 Å². The molecule has 0 spiro atoms. The van der Waals surface area contributed by atoms with Gasteiger partial charge in [-0.3, -0.25) is 4.90 Å². The monoisotopic (exact) mass is 280 g/mol. The van der Waals surface area contributed by atoms with Gasteiger partial charge in [0.25, 0.3) is 0 Å². The van der Waals surface area contributed by atoms with Crippen molar-refractivity contribution in [1.82, 2.24) is 4.90 Å². The van der Waals surface area contributed by atoms with E-state index in [-0.39, 0.29) is 6.04 Å². The van der Waals surface area contributed by atoms with E-state index in [9.17, 15) is 0 Å². The second-order valence-electron chi connectivity index (χ2n) is 4.85. The number of ether oxygens (including phenoxy) is 2. The molecule has 0 aliphatic rings. The molecule has 1 rings (SSSR count). The molecule has 0 aliphatic carbocycles. The van der Waals surface area contributed by atoms with Crippen LogP contribution in [0.3, 0.4) is 0 Å². The molecule has 1 aromatic rings. The van der Waals surface area contributed by atoms with E-state index in [2.05, 4.69) is 31.0 Å². The Labute approximate surface area is 122 Å². The average Bonchev–Trinajstić information content (AvgIpc) is 2.47. The molecule has 0 aromatic heterocycles.